The number of H-pyrrole nitrogens is 2. The van der Waals surface area contributed by atoms with Crippen molar-refractivity contribution in [2.75, 3.05) is 6.54 Å². The van der Waals surface area contributed by atoms with Crippen molar-refractivity contribution in [1.82, 2.24) is 30.9 Å². The Morgan fingerprint density at radius 3 is 3.00 bits per heavy atom. The number of aromatic amines is 2. The average molecular weight is 300 g/mol. The van der Waals surface area contributed by atoms with Crippen LogP contribution in [0.15, 0.2) is 30.5 Å². The fraction of sp³-hybridized carbons (Fsp3) is 0.286. The van der Waals surface area contributed by atoms with Gasteiger partial charge in [-0.2, -0.15) is 5.21 Å². The maximum absolute atomic E-state index is 11.4. The largest absolute Gasteiger partial charge is 0.480 e. The smallest absolute Gasteiger partial charge is 0.321 e. The molecule has 1 atom stereocenters. The van der Waals surface area contributed by atoms with Crippen LogP contribution in [-0.2, 0) is 17.6 Å². The minimum absolute atomic E-state index is 0.408. The lowest BCUT2D eigenvalue weighted by Gasteiger charge is -2.13. The van der Waals surface area contributed by atoms with Crippen molar-refractivity contribution < 1.29 is 9.90 Å². The number of nitrogens with zero attached hydrogens (tertiary/aromatic N) is 3. The first kappa shape index (κ1) is 14.2. The highest BCUT2D eigenvalue weighted by Crippen LogP contribution is 2.19. The maximum atomic E-state index is 11.4. The van der Waals surface area contributed by atoms with Crippen LogP contribution in [0.2, 0.25) is 0 Å². The normalized spacial score (nSPS) is 12.5. The Morgan fingerprint density at radius 2 is 2.23 bits per heavy atom. The Balaban J connectivity index is 1.65. The topological polar surface area (TPSA) is 120 Å². The van der Waals surface area contributed by atoms with Crippen LogP contribution in [0, 0.1) is 0 Å². The lowest BCUT2D eigenvalue weighted by Crippen LogP contribution is -2.39. The Kier molecular flexibility index (Phi) is 4.10. The summed E-state index contributed by atoms with van der Waals surface area (Å²) in [5, 5.41) is 27.0. The molecule has 0 aliphatic carbocycles. The zero-order chi connectivity index (χ0) is 15.4. The molecule has 1 aromatic carbocycles. The predicted octanol–water partition coefficient (Wildman–Crippen LogP) is 0.509. The first-order valence-electron chi connectivity index (χ1n) is 6.97. The van der Waals surface area contributed by atoms with Crippen molar-refractivity contribution in [3.8, 4) is 0 Å². The molecule has 0 saturated carbocycles. The third kappa shape index (κ3) is 3.12. The van der Waals surface area contributed by atoms with Crippen molar-refractivity contribution in [1.29, 1.82) is 0 Å². The molecule has 8 nitrogen and oxygen atoms in total. The quantitative estimate of drug-likeness (QED) is 0.504. The van der Waals surface area contributed by atoms with E-state index in [1.54, 1.807) is 0 Å². The number of carboxylic acid groups (broad SMARTS) is 1. The molecule has 0 aliphatic rings. The number of benzene rings is 1. The molecule has 3 rings (SSSR count). The fourth-order valence-corrected chi connectivity index (χ4v) is 2.41. The summed E-state index contributed by atoms with van der Waals surface area (Å²) in [5.74, 6) is -0.317. The molecule has 3 aromatic rings. The van der Waals surface area contributed by atoms with Crippen LogP contribution < -0.4 is 5.32 Å². The molecular weight excluding hydrogens is 284 g/mol. The summed E-state index contributed by atoms with van der Waals surface area (Å²) in [6, 6.07) is 7.18. The number of carboxylic acids is 1. The molecule has 0 fully saturated rings. The van der Waals surface area contributed by atoms with Gasteiger partial charge in [0.2, 0.25) is 0 Å². The van der Waals surface area contributed by atoms with E-state index in [1.807, 2.05) is 30.5 Å². The van der Waals surface area contributed by atoms with Crippen LogP contribution in [-0.4, -0.2) is 49.3 Å². The Hall–Kier alpha value is -2.74. The van der Waals surface area contributed by atoms with Gasteiger partial charge in [-0.1, -0.05) is 23.4 Å². The second-order valence-corrected chi connectivity index (χ2v) is 4.99. The molecule has 0 bridgehead atoms. The third-order valence-corrected chi connectivity index (χ3v) is 3.53. The van der Waals surface area contributed by atoms with Gasteiger partial charge in [0.05, 0.1) is 0 Å². The van der Waals surface area contributed by atoms with Crippen LogP contribution >= 0.6 is 0 Å². The summed E-state index contributed by atoms with van der Waals surface area (Å²) in [6.45, 7) is 0.471. The van der Waals surface area contributed by atoms with Gasteiger partial charge in [-0.25, -0.2) is 0 Å². The summed E-state index contributed by atoms with van der Waals surface area (Å²) in [6.07, 6.45) is 2.79. The fourth-order valence-electron chi connectivity index (χ4n) is 2.41. The van der Waals surface area contributed by atoms with Gasteiger partial charge < -0.3 is 15.4 Å². The molecule has 4 N–H and O–H groups in total. The minimum atomic E-state index is -0.876. The lowest BCUT2D eigenvalue weighted by molar-refractivity contribution is -0.139. The van der Waals surface area contributed by atoms with E-state index >= 15 is 0 Å². The van der Waals surface area contributed by atoms with E-state index in [2.05, 4.69) is 30.9 Å². The number of para-hydroxylation sites is 1. The summed E-state index contributed by atoms with van der Waals surface area (Å²) < 4.78 is 0. The number of hydrogen-bond donors (Lipinski definition) is 4. The molecule has 0 radical (unpaired) electrons. The molecule has 2 aromatic heterocycles. The van der Waals surface area contributed by atoms with E-state index in [9.17, 15) is 9.90 Å². The molecule has 0 saturated heterocycles. The number of hydrogen-bond acceptors (Lipinski definition) is 5. The number of nitrogens with one attached hydrogen (secondary N) is 3. The van der Waals surface area contributed by atoms with E-state index in [0.29, 0.717) is 25.2 Å². The van der Waals surface area contributed by atoms with E-state index in [4.69, 9.17) is 0 Å². The van der Waals surface area contributed by atoms with E-state index in [1.165, 1.54) is 0 Å². The van der Waals surface area contributed by atoms with Crippen molar-refractivity contribution in [3.05, 3.63) is 41.9 Å². The van der Waals surface area contributed by atoms with E-state index in [0.717, 1.165) is 16.5 Å². The standard InChI is InChI=1S/C14H16N6O2/c21-14(22)12(15-6-5-13-17-19-20-18-13)7-9-8-16-11-4-2-1-3-10(9)11/h1-4,8,12,15-16H,5-7H2,(H,21,22)(H,17,18,19,20)/t12-/m0/s1. The molecule has 0 unspecified atom stereocenters. The highest BCUT2D eigenvalue weighted by molar-refractivity contribution is 5.84. The molecule has 0 amide bonds. The molecule has 2 heterocycles. The minimum Gasteiger partial charge on any atom is -0.480 e. The van der Waals surface area contributed by atoms with Gasteiger partial charge in [-0.15, -0.1) is 10.2 Å². The number of fused-ring (bicyclic) bond motifs is 1. The number of aromatic nitrogens is 5. The predicted molar refractivity (Wildman–Crippen MR) is 79.3 cm³/mol. The average Bonchev–Trinajstić information content (AvgIpc) is 3.16. The van der Waals surface area contributed by atoms with Gasteiger partial charge in [-0.3, -0.25) is 4.79 Å². The van der Waals surface area contributed by atoms with Gasteiger partial charge in [0.15, 0.2) is 5.82 Å². The molecular formula is C14H16N6O2. The van der Waals surface area contributed by atoms with E-state index in [-0.39, 0.29) is 0 Å². The van der Waals surface area contributed by atoms with Gasteiger partial charge in [0.25, 0.3) is 0 Å². The highest BCUT2D eigenvalue weighted by Gasteiger charge is 2.19. The first-order chi connectivity index (χ1) is 10.7. The summed E-state index contributed by atoms with van der Waals surface area (Å²) in [5.41, 5.74) is 1.99. The van der Waals surface area contributed by atoms with Gasteiger partial charge in [0, 0.05) is 36.5 Å². The second-order valence-electron chi connectivity index (χ2n) is 4.99. The van der Waals surface area contributed by atoms with Crippen molar-refractivity contribution >= 4 is 16.9 Å². The number of rotatable bonds is 7. The number of tetrazole rings is 1. The van der Waals surface area contributed by atoms with Crippen LogP contribution in [0.4, 0.5) is 0 Å². The maximum Gasteiger partial charge on any atom is 0.321 e. The Bertz CT molecular complexity index is 752. The molecule has 22 heavy (non-hydrogen) atoms. The number of carbonyl (C=O) groups is 1. The monoisotopic (exact) mass is 300 g/mol. The zero-order valence-corrected chi connectivity index (χ0v) is 11.8. The van der Waals surface area contributed by atoms with Gasteiger partial charge in [-0.05, 0) is 11.6 Å². The van der Waals surface area contributed by atoms with Crippen molar-refractivity contribution in [2.45, 2.75) is 18.9 Å². The molecule has 8 heteroatoms. The van der Waals surface area contributed by atoms with Gasteiger partial charge in [0.1, 0.15) is 6.04 Å². The molecule has 0 spiro atoms. The van der Waals surface area contributed by atoms with Crippen LogP contribution in [0.3, 0.4) is 0 Å². The summed E-state index contributed by atoms with van der Waals surface area (Å²) in [4.78, 5) is 14.6. The van der Waals surface area contributed by atoms with Crippen LogP contribution in [0.25, 0.3) is 10.9 Å². The first-order valence-corrected chi connectivity index (χ1v) is 6.97. The second kappa shape index (κ2) is 6.35. The summed E-state index contributed by atoms with van der Waals surface area (Å²) in [7, 11) is 0. The van der Waals surface area contributed by atoms with Gasteiger partial charge >= 0.3 is 5.97 Å². The highest BCUT2D eigenvalue weighted by atomic mass is 16.4. The summed E-state index contributed by atoms with van der Waals surface area (Å²) >= 11 is 0. The number of aliphatic carboxylic acids is 1. The van der Waals surface area contributed by atoms with Crippen molar-refractivity contribution in [3.63, 3.8) is 0 Å². The SMILES string of the molecule is O=C(O)[C@H](Cc1c[nH]c2ccccc12)NCCc1nn[nH]n1. The third-order valence-electron chi connectivity index (χ3n) is 3.53. The van der Waals surface area contributed by atoms with Crippen LogP contribution in [0.1, 0.15) is 11.4 Å². The van der Waals surface area contributed by atoms with Crippen molar-refractivity contribution in [2.24, 2.45) is 0 Å². The Morgan fingerprint density at radius 1 is 1.36 bits per heavy atom. The molecule has 114 valence electrons. The van der Waals surface area contributed by atoms with Crippen LogP contribution in [0.5, 0.6) is 0 Å². The zero-order valence-electron chi connectivity index (χ0n) is 11.8. The van der Waals surface area contributed by atoms with E-state index < -0.39 is 12.0 Å². The Labute approximate surface area is 125 Å². The lowest BCUT2D eigenvalue weighted by atomic mass is 10.0. The molecule has 0 aliphatic heterocycles.